The molecular formula is C34H43NO7S2. The maximum absolute atomic E-state index is 12.7. The topological polar surface area (TPSA) is 117 Å². The Kier molecular flexibility index (Phi) is 10.7. The van der Waals surface area contributed by atoms with E-state index in [0.29, 0.717) is 16.2 Å². The van der Waals surface area contributed by atoms with Gasteiger partial charge in [0.05, 0.1) is 6.10 Å². The van der Waals surface area contributed by atoms with Crippen LogP contribution in [0.1, 0.15) is 83.8 Å². The fraction of sp³-hybridized carbons (Fsp3) is 0.500. The molecule has 0 aromatic heterocycles. The summed E-state index contributed by atoms with van der Waals surface area (Å²) in [6, 6.07) is 3.75. The lowest BCUT2D eigenvalue weighted by molar-refractivity contribution is -0.170. The molecule has 1 aliphatic carbocycles. The van der Waals surface area contributed by atoms with Gasteiger partial charge >= 0.3 is 11.2 Å². The second-order valence-corrected chi connectivity index (χ2v) is 13.7. The molecule has 5 atom stereocenters. The van der Waals surface area contributed by atoms with Gasteiger partial charge in [-0.25, -0.2) is 4.79 Å². The average Bonchev–Trinajstić information content (AvgIpc) is 3.31. The Morgan fingerprint density at radius 1 is 1.34 bits per heavy atom. The van der Waals surface area contributed by atoms with E-state index >= 15 is 0 Å². The van der Waals surface area contributed by atoms with Crippen molar-refractivity contribution in [2.24, 2.45) is 11.3 Å². The van der Waals surface area contributed by atoms with E-state index in [2.05, 4.69) is 26.5 Å². The number of phenolic OH excluding ortho intramolecular Hbond substituents is 1. The Balaban J connectivity index is 1.52. The Morgan fingerprint density at radius 2 is 2.07 bits per heavy atom. The van der Waals surface area contributed by atoms with Crippen molar-refractivity contribution in [1.82, 2.24) is 4.90 Å². The minimum atomic E-state index is -1.22. The number of phenols is 1. The number of carbonyl (C=O) groups is 2. The molecule has 3 N–H and O–H groups in total. The van der Waals surface area contributed by atoms with E-state index < -0.39 is 28.8 Å². The zero-order valence-corrected chi connectivity index (χ0v) is 27.7. The number of aromatic hydroxyl groups is 1. The molecule has 0 bridgehead atoms. The molecule has 44 heavy (non-hydrogen) atoms. The highest BCUT2D eigenvalue weighted by Crippen LogP contribution is 2.57. The number of hydrogen-bond acceptors (Lipinski definition) is 8. The number of aliphatic carboxylic acids is 1. The molecule has 0 spiro atoms. The van der Waals surface area contributed by atoms with Gasteiger partial charge in [0.2, 0.25) is 5.91 Å². The molecule has 3 aliphatic rings. The number of β-lactam (4-membered cyclic amide) rings is 1. The number of ether oxygens (including phenoxy) is 2. The molecule has 0 unspecified atom stereocenters. The van der Waals surface area contributed by atoms with Gasteiger partial charge < -0.3 is 24.8 Å². The second kappa shape index (κ2) is 13.9. The number of nitrogens with zero attached hydrogens (tertiary/aromatic N) is 1. The van der Waals surface area contributed by atoms with Gasteiger partial charge in [0.25, 0.3) is 0 Å². The first-order chi connectivity index (χ1) is 20.8. The number of thiocarbonyl (C=S) groups is 1. The summed E-state index contributed by atoms with van der Waals surface area (Å²) in [4.78, 5) is 26.4. The highest BCUT2D eigenvalue weighted by Gasteiger charge is 2.65. The van der Waals surface area contributed by atoms with Gasteiger partial charge in [-0.1, -0.05) is 55.3 Å². The number of hydrogen-bond donors (Lipinski definition) is 3. The van der Waals surface area contributed by atoms with E-state index in [4.69, 9.17) is 21.7 Å². The molecule has 238 valence electrons. The monoisotopic (exact) mass is 641 g/mol. The van der Waals surface area contributed by atoms with E-state index in [1.807, 2.05) is 19.1 Å². The maximum Gasteiger partial charge on any atom is 0.358 e. The number of carboxylic acids is 1. The number of aliphatic hydroxyl groups is 1. The standard InChI is InChI=1S/C34H43NO7S2/c1-7-8-9-11-22-17-25(37)28(24-16-20(4)13-14-23(24)19(2)3)26(18-22)42-33(43)41-15-10-12-27-29(30(38)39)35-31(40)34(6,21(5)36)32(35)44-27/h10,12,16-18,21,23-24,32,36-37H,2,7-9,11,13-15H2,1,3-6H3,(H,38,39)/b12-10+/t21-,23+,24-,32-,34+/m1/s1. The van der Waals surface area contributed by atoms with Crippen molar-refractivity contribution in [1.29, 1.82) is 0 Å². The van der Waals surface area contributed by atoms with Crippen molar-refractivity contribution < 1.29 is 34.4 Å². The van der Waals surface area contributed by atoms with Crippen LogP contribution >= 0.6 is 24.0 Å². The molecule has 1 saturated heterocycles. The highest BCUT2D eigenvalue weighted by atomic mass is 32.2. The number of thioether (sulfide) groups is 1. The number of allylic oxidation sites excluding steroid dienone is 4. The Labute approximate surface area is 269 Å². The molecule has 8 nitrogen and oxygen atoms in total. The predicted octanol–water partition coefficient (Wildman–Crippen LogP) is 6.98. The van der Waals surface area contributed by atoms with Crippen LogP contribution in [-0.2, 0) is 20.7 Å². The number of amides is 1. The number of benzene rings is 1. The Hall–Kier alpha value is -3.08. The summed E-state index contributed by atoms with van der Waals surface area (Å²) in [6.07, 6.45) is 10.3. The minimum Gasteiger partial charge on any atom is -0.507 e. The van der Waals surface area contributed by atoms with Crippen molar-refractivity contribution >= 4 is 41.1 Å². The van der Waals surface area contributed by atoms with Crippen molar-refractivity contribution in [2.45, 2.75) is 90.5 Å². The summed E-state index contributed by atoms with van der Waals surface area (Å²) in [7, 11) is 0. The third-order valence-corrected chi connectivity index (χ3v) is 10.6. The molecule has 10 heteroatoms. The zero-order chi connectivity index (χ0) is 32.3. The van der Waals surface area contributed by atoms with Gasteiger partial charge in [0, 0.05) is 28.6 Å². The number of carboxylic acid groups (broad SMARTS) is 1. The van der Waals surface area contributed by atoms with E-state index in [9.17, 15) is 24.9 Å². The lowest BCUT2D eigenvalue weighted by Crippen LogP contribution is -2.68. The predicted molar refractivity (Wildman–Crippen MR) is 176 cm³/mol. The van der Waals surface area contributed by atoms with Gasteiger partial charge in [-0.2, -0.15) is 0 Å². The summed E-state index contributed by atoms with van der Waals surface area (Å²) in [6.45, 7) is 13.6. The van der Waals surface area contributed by atoms with Crippen LogP contribution in [0.5, 0.6) is 11.5 Å². The van der Waals surface area contributed by atoms with Gasteiger partial charge in [-0.3, -0.25) is 9.69 Å². The van der Waals surface area contributed by atoms with E-state index in [-0.39, 0.29) is 35.1 Å². The van der Waals surface area contributed by atoms with Crippen molar-refractivity contribution in [3.8, 4) is 11.5 Å². The average molecular weight is 642 g/mol. The molecule has 2 heterocycles. The number of fused-ring (bicyclic) bond motifs is 1. The van der Waals surface area contributed by atoms with Crippen LogP contribution in [0.3, 0.4) is 0 Å². The SMILES string of the molecule is C=C(C)[C@@H]1CCC(C)=C[C@H]1c1c(O)cc(CCCCC)cc1OC(=S)OC/C=C/C1=C(C(=O)O)N2C(=O)[C@](C)([C@@H](C)O)[C@H]2S1. The van der Waals surface area contributed by atoms with Crippen molar-refractivity contribution in [2.75, 3.05) is 6.61 Å². The van der Waals surface area contributed by atoms with Crippen molar-refractivity contribution in [3.63, 3.8) is 0 Å². The van der Waals surface area contributed by atoms with Crippen LogP contribution in [0.15, 0.2) is 58.7 Å². The molecule has 2 aliphatic heterocycles. The second-order valence-electron chi connectivity index (χ2n) is 12.2. The normalized spacial score (nSPS) is 25.4. The van der Waals surface area contributed by atoms with Crippen LogP contribution < -0.4 is 4.74 Å². The number of carbonyl (C=O) groups excluding carboxylic acids is 1. The highest BCUT2D eigenvalue weighted by molar-refractivity contribution is 8.04. The number of unbranched alkanes of at least 4 members (excludes halogenated alkanes) is 2. The summed E-state index contributed by atoms with van der Waals surface area (Å²) in [5, 5.41) is 30.6. The van der Waals surface area contributed by atoms with Gasteiger partial charge in [-0.05, 0) is 89.1 Å². The lowest BCUT2D eigenvalue weighted by atomic mass is 9.73. The molecule has 0 saturated carbocycles. The lowest BCUT2D eigenvalue weighted by Gasteiger charge is -2.51. The van der Waals surface area contributed by atoms with Crippen LogP contribution in [0.4, 0.5) is 0 Å². The molecule has 4 rings (SSSR count). The Morgan fingerprint density at radius 3 is 2.70 bits per heavy atom. The van der Waals surface area contributed by atoms with Gasteiger partial charge in [0.15, 0.2) is 0 Å². The zero-order valence-electron chi connectivity index (χ0n) is 26.1. The first kappa shape index (κ1) is 33.8. The smallest absolute Gasteiger partial charge is 0.358 e. The Bertz CT molecular complexity index is 1430. The van der Waals surface area contributed by atoms with Crippen LogP contribution in [0, 0.1) is 11.3 Å². The number of rotatable bonds is 12. The third-order valence-electron chi connectivity index (χ3n) is 8.93. The van der Waals surface area contributed by atoms with Crippen LogP contribution in [0.2, 0.25) is 0 Å². The van der Waals surface area contributed by atoms with E-state index in [0.717, 1.165) is 49.7 Å². The summed E-state index contributed by atoms with van der Waals surface area (Å²) in [5.74, 6) is -0.991. The largest absolute Gasteiger partial charge is 0.507 e. The number of aliphatic hydroxyl groups excluding tert-OH is 1. The quantitative estimate of drug-likeness (QED) is 0.0962. The van der Waals surface area contributed by atoms with Gasteiger partial charge in [-0.15, -0.1) is 0 Å². The maximum atomic E-state index is 12.7. The first-order valence-corrected chi connectivity index (χ1v) is 16.5. The molecule has 1 fully saturated rings. The molecule has 1 aromatic carbocycles. The van der Waals surface area contributed by atoms with E-state index in [1.165, 1.54) is 29.2 Å². The minimum absolute atomic E-state index is 0.00356. The molecule has 1 amide bonds. The van der Waals surface area contributed by atoms with Gasteiger partial charge in [0.1, 0.15) is 34.6 Å². The third kappa shape index (κ3) is 6.62. The first-order valence-electron chi connectivity index (χ1n) is 15.2. The van der Waals surface area contributed by atoms with Crippen molar-refractivity contribution in [3.05, 3.63) is 69.8 Å². The van der Waals surface area contributed by atoms with Crippen LogP contribution in [0.25, 0.3) is 0 Å². The summed E-state index contributed by atoms with van der Waals surface area (Å²) < 4.78 is 11.8. The molecule has 1 aromatic rings. The molecular weight excluding hydrogens is 599 g/mol. The van der Waals surface area contributed by atoms with E-state index in [1.54, 1.807) is 19.1 Å². The fourth-order valence-electron chi connectivity index (χ4n) is 6.18. The molecule has 0 radical (unpaired) electrons. The summed E-state index contributed by atoms with van der Waals surface area (Å²) >= 11 is 6.67. The van der Waals surface area contributed by atoms with Crippen LogP contribution in [-0.4, -0.2) is 55.4 Å². The number of aryl methyl sites for hydroxylation is 1. The summed E-state index contributed by atoms with van der Waals surface area (Å²) in [5.41, 5.74) is 2.73. The fourth-order valence-corrected chi connectivity index (χ4v) is 7.90.